The summed E-state index contributed by atoms with van der Waals surface area (Å²) < 4.78 is 20.3. The lowest BCUT2D eigenvalue weighted by Crippen LogP contribution is -2.07. The number of hydrogen-bond acceptors (Lipinski definition) is 3. The molecule has 4 nitrogen and oxygen atoms in total. The molecule has 0 aliphatic carbocycles. The Balaban J connectivity index is 2.70. The number of ether oxygens (including phenoxy) is 1. The van der Waals surface area contributed by atoms with Gasteiger partial charge in [0.1, 0.15) is 5.82 Å². The number of esters is 1. The molecule has 1 aromatic heterocycles. The molecular weight excluding hydrogens is 339 g/mol. The highest BCUT2D eigenvalue weighted by atomic mass is 79.9. The fraction of sp³-hybridized carbons (Fsp3) is 0.333. The second-order valence-electron chi connectivity index (χ2n) is 5.04. The largest absolute Gasteiger partial charge is 0.464 e. The second kappa shape index (κ2) is 5.97. The quantitative estimate of drug-likeness (QED) is 0.782. The molecule has 0 amide bonds. The maximum atomic E-state index is 13.3. The van der Waals surface area contributed by atoms with Crippen LogP contribution in [0, 0.1) is 12.7 Å². The van der Waals surface area contributed by atoms with E-state index in [-0.39, 0.29) is 17.4 Å². The average Bonchev–Trinajstić information content (AvgIpc) is 2.75. The first-order chi connectivity index (χ1) is 9.86. The number of rotatable bonds is 3. The Labute approximate surface area is 131 Å². The van der Waals surface area contributed by atoms with Crippen LogP contribution in [0.4, 0.5) is 4.39 Å². The first kappa shape index (κ1) is 15.7. The summed E-state index contributed by atoms with van der Waals surface area (Å²) in [6.07, 6.45) is 0. The molecule has 1 aromatic carbocycles. The number of nitrogens with zero attached hydrogens (tertiary/aromatic N) is 2. The van der Waals surface area contributed by atoms with E-state index in [9.17, 15) is 9.18 Å². The molecule has 0 fully saturated rings. The smallest absolute Gasteiger partial charge is 0.359 e. The van der Waals surface area contributed by atoms with Crippen LogP contribution in [0.1, 0.15) is 41.5 Å². The van der Waals surface area contributed by atoms with E-state index in [0.717, 1.165) is 16.9 Å². The molecule has 0 bridgehead atoms. The van der Waals surface area contributed by atoms with Crippen LogP contribution in [0.2, 0.25) is 0 Å². The molecule has 0 atom stereocenters. The summed E-state index contributed by atoms with van der Waals surface area (Å²) in [7, 11) is 1.31. The number of benzene rings is 1. The Hall–Kier alpha value is -1.69. The number of methoxy groups -OCH3 is 1. The minimum Gasteiger partial charge on any atom is -0.464 e. The summed E-state index contributed by atoms with van der Waals surface area (Å²) in [6, 6.07) is 4.46. The zero-order chi connectivity index (χ0) is 15.7. The molecule has 6 heteroatoms. The van der Waals surface area contributed by atoms with E-state index in [1.165, 1.54) is 19.2 Å². The minimum absolute atomic E-state index is 0.120. The third-order valence-corrected chi connectivity index (χ3v) is 3.96. The van der Waals surface area contributed by atoms with Gasteiger partial charge in [0.15, 0.2) is 5.69 Å². The van der Waals surface area contributed by atoms with Crippen LogP contribution >= 0.6 is 15.9 Å². The van der Waals surface area contributed by atoms with E-state index >= 15 is 0 Å². The number of halogens is 2. The molecule has 0 unspecified atom stereocenters. The van der Waals surface area contributed by atoms with Crippen LogP contribution in [0.25, 0.3) is 5.69 Å². The Bertz CT molecular complexity index is 695. The fourth-order valence-corrected chi connectivity index (χ4v) is 3.04. The van der Waals surface area contributed by atoms with Crippen molar-refractivity contribution < 1.29 is 13.9 Å². The second-order valence-corrected chi connectivity index (χ2v) is 5.83. The molecule has 112 valence electrons. The summed E-state index contributed by atoms with van der Waals surface area (Å²) in [5.41, 5.74) is 2.52. The van der Waals surface area contributed by atoms with Crippen LogP contribution < -0.4 is 0 Å². The van der Waals surface area contributed by atoms with E-state index in [4.69, 9.17) is 4.74 Å². The van der Waals surface area contributed by atoms with Crippen molar-refractivity contribution in [2.75, 3.05) is 7.11 Å². The molecule has 0 aliphatic heterocycles. The molecule has 0 aliphatic rings. The fourth-order valence-electron chi connectivity index (χ4n) is 2.18. The first-order valence-corrected chi connectivity index (χ1v) is 7.29. The summed E-state index contributed by atoms with van der Waals surface area (Å²) in [5.74, 6) is -0.696. The monoisotopic (exact) mass is 354 g/mol. The lowest BCUT2D eigenvalue weighted by atomic mass is 10.1. The van der Waals surface area contributed by atoms with Gasteiger partial charge in [-0.2, -0.15) is 5.10 Å². The van der Waals surface area contributed by atoms with E-state index in [0.29, 0.717) is 4.47 Å². The van der Waals surface area contributed by atoms with Crippen LogP contribution in [-0.4, -0.2) is 22.9 Å². The lowest BCUT2D eigenvalue weighted by Gasteiger charge is -2.13. The van der Waals surface area contributed by atoms with Gasteiger partial charge in [-0.1, -0.05) is 13.8 Å². The highest BCUT2D eigenvalue weighted by molar-refractivity contribution is 9.10. The Kier molecular flexibility index (Phi) is 4.46. The maximum Gasteiger partial charge on any atom is 0.359 e. The number of aryl methyl sites for hydroxylation is 1. The lowest BCUT2D eigenvalue weighted by molar-refractivity contribution is 0.0592. The highest BCUT2D eigenvalue weighted by Crippen LogP contribution is 2.31. The van der Waals surface area contributed by atoms with Gasteiger partial charge >= 0.3 is 5.97 Å². The Morgan fingerprint density at radius 1 is 1.43 bits per heavy atom. The van der Waals surface area contributed by atoms with Gasteiger partial charge < -0.3 is 4.74 Å². The summed E-state index contributed by atoms with van der Waals surface area (Å²) >= 11 is 3.42. The zero-order valence-corrected chi connectivity index (χ0v) is 13.9. The molecule has 0 saturated heterocycles. The Morgan fingerprint density at radius 2 is 2.10 bits per heavy atom. The molecule has 21 heavy (non-hydrogen) atoms. The minimum atomic E-state index is -0.512. The number of hydrogen-bond donors (Lipinski definition) is 0. The third kappa shape index (κ3) is 2.85. The van der Waals surface area contributed by atoms with E-state index in [1.54, 1.807) is 17.7 Å². The van der Waals surface area contributed by atoms with Crippen molar-refractivity contribution in [3.05, 3.63) is 45.4 Å². The summed E-state index contributed by atoms with van der Waals surface area (Å²) in [4.78, 5) is 11.8. The topological polar surface area (TPSA) is 44.1 Å². The van der Waals surface area contributed by atoms with E-state index < -0.39 is 5.97 Å². The summed E-state index contributed by atoms with van der Waals surface area (Å²) in [5, 5.41) is 4.34. The molecule has 2 rings (SSSR count). The van der Waals surface area contributed by atoms with Gasteiger partial charge in [-0.15, -0.1) is 0 Å². The van der Waals surface area contributed by atoms with Crippen LogP contribution in [-0.2, 0) is 4.74 Å². The van der Waals surface area contributed by atoms with Gasteiger partial charge in [0.25, 0.3) is 0 Å². The van der Waals surface area contributed by atoms with Gasteiger partial charge in [0.05, 0.1) is 23.0 Å². The molecule has 0 spiro atoms. The van der Waals surface area contributed by atoms with Crippen molar-refractivity contribution in [3.63, 3.8) is 0 Å². The van der Waals surface area contributed by atoms with Gasteiger partial charge in [-0.3, -0.25) is 0 Å². The van der Waals surface area contributed by atoms with Gasteiger partial charge in [-0.25, -0.2) is 13.9 Å². The van der Waals surface area contributed by atoms with Crippen molar-refractivity contribution in [3.8, 4) is 5.69 Å². The van der Waals surface area contributed by atoms with Crippen molar-refractivity contribution in [2.45, 2.75) is 26.7 Å². The van der Waals surface area contributed by atoms with Crippen molar-refractivity contribution in [1.29, 1.82) is 0 Å². The van der Waals surface area contributed by atoms with Crippen molar-refractivity contribution in [2.24, 2.45) is 0 Å². The molecular formula is C15H16BrFN2O2. The average molecular weight is 355 g/mol. The number of aromatic nitrogens is 2. The van der Waals surface area contributed by atoms with Crippen molar-refractivity contribution in [1.82, 2.24) is 9.78 Å². The SMILES string of the molecule is COC(=O)c1nn(-c2ccc(F)cc2C)c(C(C)C)c1Br. The molecule has 2 aromatic rings. The molecule has 0 saturated carbocycles. The Morgan fingerprint density at radius 3 is 2.62 bits per heavy atom. The van der Waals surface area contributed by atoms with Crippen LogP contribution in [0.3, 0.4) is 0 Å². The van der Waals surface area contributed by atoms with Crippen molar-refractivity contribution >= 4 is 21.9 Å². The predicted molar refractivity (Wildman–Crippen MR) is 81.4 cm³/mol. The summed E-state index contributed by atoms with van der Waals surface area (Å²) in [6.45, 7) is 5.80. The number of carbonyl (C=O) groups is 1. The first-order valence-electron chi connectivity index (χ1n) is 6.50. The maximum absolute atomic E-state index is 13.3. The molecule has 1 heterocycles. The molecule has 0 radical (unpaired) electrons. The number of carbonyl (C=O) groups excluding carboxylic acids is 1. The zero-order valence-electron chi connectivity index (χ0n) is 12.3. The van der Waals surface area contributed by atoms with Gasteiger partial charge in [0, 0.05) is 0 Å². The van der Waals surface area contributed by atoms with Crippen LogP contribution in [0.5, 0.6) is 0 Å². The standard InChI is InChI=1S/C15H16BrFN2O2/c1-8(2)14-12(16)13(15(20)21-4)18-19(14)11-6-5-10(17)7-9(11)3/h5-8H,1-4H3. The predicted octanol–water partition coefficient (Wildman–Crippen LogP) is 3.99. The van der Waals surface area contributed by atoms with Gasteiger partial charge in [0.2, 0.25) is 0 Å². The van der Waals surface area contributed by atoms with E-state index in [2.05, 4.69) is 21.0 Å². The third-order valence-electron chi connectivity index (χ3n) is 3.17. The highest BCUT2D eigenvalue weighted by Gasteiger charge is 2.24. The van der Waals surface area contributed by atoms with E-state index in [1.807, 2.05) is 13.8 Å². The normalized spacial score (nSPS) is 11.0. The van der Waals surface area contributed by atoms with Crippen LogP contribution in [0.15, 0.2) is 22.7 Å². The van der Waals surface area contributed by atoms with Gasteiger partial charge in [-0.05, 0) is 52.5 Å². The molecule has 0 N–H and O–H groups in total.